The van der Waals surface area contributed by atoms with Crippen LogP contribution in [-0.2, 0) is 0 Å². The molecule has 0 aliphatic carbocycles. The van der Waals surface area contributed by atoms with Crippen LogP contribution in [0.1, 0.15) is 15.9 Å². The molecule has 0 heterocycles. The fourth-order valence-corrected chi connectivity index (χ4v) is 2.07. The second-order valence-electron chi connectivity index (χ2n) is 3.89. The molecule has 0 bridgehead atoms. The Bertz CT molecular complexity index is 634. The van der Waals surface area contributed by atoms with Crippen LogP contribution in [0.3, 0.4) is 0 Å². The third kappa shape index (κ3) is 3.37. The van der Waals surface area contributed by atoms with Gasteiger partial charge in [0.1, 0.15) is 5.75 Å². The molecule has 96 valence electrons. The van der Waals surface area contributed by atoms with E-state index >= 15 is 0 Å². The number of halogens is 2. The Morgan fingerprint density at radius 1 is 1.11 bits per heavy atom. The number of rotatable bonds is 3. The molecule has 19 heavy (non-hydrogen) atoms. The van der Waals surface area contributed by atoms with Crippen LogP contribution in [0.2, 0.25) is 10.0 Å². The maximum atomic E-state index is 12.0. The van der Waals surface area contributed by atoms with Gasteiger partial charge in [-0.3, -0.25) is 4.79 Å². The van der Waals surface area contributed by atoms with Crippen molar-refractivity contribution in [2.24, 2.45) is 0 Å². The van der Waals surface area contributed by atoms with Gasteiger partial charge >= 0.3 is 0 Å². The zero-order valence-corrected chi connectivity index (χ0v) is 11.3. The highest BCUT2D eigenvalue weighted by atomic mass is 35.5. The molecule has 0 spiro atoms. The van der Waals surface area contributed by atoms with Gasteiger partial charge in [0, 0.05) is 5.02 Å². The van der Waals surface area contributed by atoms with Gasteiger partial charge in [-0.2, -0.15) is 0 Å². The summed E-state index contributed by atoms with van der Waals surface area (Å²) in [6.07, 6.45) is 3.04. The van der Waals surface area contributed by atoms with E-state index in [1.165, 1.54) is 18.2 Å². The smallest absolute Gasteiger partial charge is 0.189 e. The van der Waals surface area contributed by atoms with Crippen molar-refractivity contribution in [2.45, 2.75) is 0 Å². The van der Waals surface area contributed by atoms with Crippen LogP contribution >= 0.6 is 23.2 Å². The van der Waals surface area contributed by atoms with E-state index in [-0.39, 0.29) is 22.1 Å². The molecule has 0 fully saturated rings. The molecule has 0 unspecified atom stereocenters. The number of carbonyl (C=O) groups is 1. The lowest BCUT2D eigenvalue weighted by Gasteiger charge is -2.03. The van der Waals surface area contributed by atoms with Gasteiger partial charge in [-0.15, -0.1) is 0 Å². The Labute approximate surface area is 120 Å². The zero-order chi connectivity index (χ0) is 13.8. The van der Waals surface area contributed by atoms with Crippen molar-refractivity contribution in [1.82, 2.24) is 0 Å². The molecule has 0 aliphatic rings. The average molecular weight is 293 g/mol. The molecule has 0 amide bonds. The Morgan fingerprint density at radius 2 is 1.79 bits per heavy atom. The van der Waals surface area contributed by atoms with Gasteiger partial charge in [0.05, 0.1) is 10.6 Å². The van der Waals surface area contributed by atoms with Crippen molar-refractivity contribution in [3.05, 3.63) is 69.7 Å². The maximum Gasteiger partial charge on any atom is 0.189 e. The summed E-state index contributed by atoms with van der Waals surface area (Å²) in [6, 6.07) is 12.2. The van der Waals surface area contributed by atoms with Crippen LogP contribution in [0.25, 0.3) is 6.08 Å². The monoisotopic (exact) mass is 292 g/mol. The molecule has 2 aromatic rings. The largest absolute Gasteiger partial charge is 0.506 e. The van der Waals surface area contributed by atoms with Crippen molar-refractivity contribution >= 4 is 35.1 Å². The number of hydrogen-bond donors (Lipinski definition) is 1. The van der Waals surface area contributed by atoms with E-state index in [1.54, 1.807) is 6.08 Å². The number of carbonyl (C=O) groups excluding carboxylic acids is 1. The summed E-state index contributed by atoms with van der Waals surface area (Å²) in [4.78, 5) is 12.0. The first kappa shape index (κ1) is 13.7. The van der Waals surface area contributed by atoms with Crippen LogP contribution in [-0.4, -0.2) is 10.9 Å². The molecular formula is C15H10Cl2O2. The second-order valence-corrected chi connectivity index (χ2v) is 4.74. The van der Waals surface area contributed by atoms with E-state index in [4.69, 9.17) is 23.2 Å². The van der Waals surface area contributed by atoms with E-state index in [0.29, 0.717) is 5.02 Å². The van der Waals surface area contributed by atoms with Gasteiger partial charge in [0.2, 0.25) is 0 Å². The fraction of sp³-hybridized carbons (Fsp3) is 0. The average Bonchev–Trinajstić information content (AvgIpc) is 2.41. The zero-order valence-electron chi connectivity index (χ0n) is 9.81. The molecule has 2 aromatic carbocycles. The highest BCUT2D eigenvalue weighted by Gasteiger charge is 2.12. The third-order valence-electron chi connectivity index (χ3n) is 2.52. The fourth-order valence-electron chi connectivity index (χ4n) is 1.58. The third-order valence-corrected chi connectivity index (χ3v) is 3.03. The minimum absolute atomic E-state index is 0.0592. The van der Waals surface area contributed by atoms with Gasteiger partial charge < -0.3 is 5.11 Å². The quantitative estimate of drug-likeness (QED) is 0.663. The first-order valence-electron chi connectivity index (χ1n) is 5.53. The number of allylic oxidation sites excluding steroid dienone is 1. The Kier molecular flexibility index (Phi) is 4.25. The van der Waals surface area contributed by atoms with Gasteiger partial charge in [0.25, 0.3) is 0 Å². The van der Waals surface area contributed by atoms with E-state index in [0.717, 1.165) is 5.56 Å². The number of hydrogen-bond acceptors (Lipinski definition) is 2. The first-order chi connectivity index (χ1) is 9.08. The molecule has 0 aliphatic heterocycles. The highest BCUT2D eigenvalue weighted by Crippen LogP contribution is 2.31. The number of ketones is 1. The van der Waals surface area contributed by atoms with Crippen LogP contribution in [0.5, 0.6) is 5.75 Å². The predicted octanol–water partition coefficient (Wildman–Crippen LogP) is 4.60. The number of phenols is 1. The molecule has 0 radical (unpaired) electrons. The second kappa shape index (κ2) is 5.91. The van der Waals surface area contributed by atoms with E-state index < -0.39 is 0 Å². The van der Waals surface area contributed by atoms with Crippen molar-refractivity contribution in [1.29, 1.82) is 0 Å². The minimum atomic E-state index is -0.356. The molecule has 0 saturated heterocycles. The first-order valence-corrected chi connectivity index (χ1v) is 6.29. The summed E-state index contributed by atoms with van der Waals surface area (Å²) < 4.78 is 0. The van der Waals surface area contributed by atoms with Crippen LogP contribution in [0, 0.1) is 0 Å². The SMILES string of the molecule is O=C(/C=C/c1ccccc1)c1cc(Cl)cc(Cl)c1O. The van der Waals surface area contributed by atoms with Gasteiger partial charge in [-0.05, 0) is 23.8 Å². The molecule has 2 rings (SSSR count). The topological polar surface area (TPSA) is 37.3 Å². The Hall–Kier alpha value is -1.77. The van der Waals surface area contributed by atoms with E-state index in [1.807, 2.05) is 30.3 Å². The summed E-state index contributed by atoms with van der Waals surface area (Å²) in [5.41, 5.74) is 0.980. The summed E-state index contributed by atoms with van der Waals surface area (Å²) in [5.74, 6) is -0.612. The Balaban J connectivity index is 2.28. The number of aromatic hydroxyl groups is 1. The van der Waals surface area contributed by atoms with Crippen LogP contribution < -0.4 is 0 Å². The molecule has 0 atom stereocenters. The highest BCUT2D eigenvalue weighted by molar-refractivity contribution is 6.36. The van der Waals surface area contributed by atoms with Crippen molar-refractivity contribution in [3.63, 3.8) is 0 Å². The van der Waals surface area contributed by atoms with Gasteiger partial charge in [0.15, 0.2) is 5.78 Å². The predicted molar refractivity (Wildman–Crippen MR) is 77.9 cm³/mol. The normalized spacial score (nSPS) is 10.8. The van der Waals surface area contributed by atoms with Crippen molar-refractivity contribution < 1.29 is 9.90 Å². The van der Waals surface area contributed by atoms with Crippen LogP contribution in [0.15, 0.2) is 48.5 Å². The van der Waals surface area contributed by atoms with E-state index in [9.17, 15) is 9.90 Å². The summed E-state index contributed by atoms with van der Waals surface area (Å²) in [6.45, 7) is 0. The maximum absolute atomic E-state index is 12.0. The lowest BCUT2D eigenvalue weighted by atomic mass is 10.1. The Morgan fingerprint density at radius 3 is 2.47 bits per heavy atom. The minimum Gasteiger partial charge on any atom is -0.506 e. The summed E-state index contributed by atoms with van der Waals surface area (Å²) in [7, 11) is 0. The lowest BCUT2D eigenvalue weighted by molar-refractivity contribution is 0.104. The lowest BCUT2D eigenvalue weighted by Crippen LogP contribution is -1.95. The summed E-state index contributed by atoms with van der Waals surface area (Å²) in [5, 5.41) is 10.1. The standard InChI is InChI=1S/C15H10Cl2O2/c16-11-8-12(15(19)13(17)9-11)14(18)7-6-10-4-2-1-3-5-10/h1-9,19H/b7-6+. The molecule has 2 nitrogen and oxygen atoms in total. The molecule has 0 saturated carbocycles. The number of benzene rings is 2. The van der Waals surface area contributed by atoms with E-state index in [2.05, 4.69) is 0 Å². The summed E-state index contributed by atoms with van der Waals surface area (Å²) >= 11 is 11.6. The molecule has 0 aromatic heterocycles. The number of phenolic OH excluding ortho intramolecular Hbond substituents is 1. The molecule has 1 N–H and O–H groups in total. The van der Waals surface area contributed by atoms with Crippen molar-refractivity contribution in [3.8, 4) is 5.75 Å². The molecular weight excluding hydrogens is 283 g/mol. The van der Waals surface area contributed by atoms with Crippen LogP contribution in [0.4, 0.5) is 0 Å². The van der Waals surface area contributed by atoms with Gasteiger partial charge in [-0.25, -0.2) is 0 Å². The van der Waals surface area contributed by atoms with Gasteiger partial charge in [-0.1, -0.05) is 59.6 Å². The van der Waals surface area contributed by atoms with Crippen molar-refractivity contribution in [2.75, 3.05) is 0 Å². The molecule has 4 heteroatoms.